The summed E-state index contributed by atoms with van der Waals surface area (Å²) in [6.45, 7) is 0. The van der Waals surface area contributed by atoms with Gasteiger partial charge in [0.2, 0.25) is 0 Å². The van der Waals surface area contributed by atoms with Crippen LogP contribution in [0.3, 0.4) is 0 Å². The molecule has 1 atom stereocenters. The molecule has 0 amide bonds. The summed E-state index contributed by atoms with van der Waals surface area (Å²) < 4.78 is 26.8. The van der Waals surface area contributed by atoms with Gasteiger partial charge < -0.3 is 5.32 Å². The van der Waals surface area contributed by atoms with E-state index in [1.165, 1.54) is 12.1 Å². The van der Waals surface area contributed by atoms with E-state index in [0.29, 0.717) is 10.7 Å². The highest BCUT2D eigenvalue weighted by Gasteiger charge is 2.18. The first-order valence-corrected chi connectivity index (χ1v) is 5.86. The predicted molar refractivity (Wildman–Crippen MR) is 69.8 cm³/mol. The quantitative estimate of drug-likeness (QED) is 0.909. The van der Waals surface area contributed by atoms with E-state index in [2.05, 4.69) is 5.32 Å². The molecule has 1 N–H and O–H groups in total. The second-order valence-corrected chi connectivity index (χ2v) is 4.24. The molecule has 0 heterocycles. The van der Waals surface area contributed by atoms with Crippen molar-refractivity contribution in [3.8, 4) is 6.07 Å². The first-order chi connectivity index (χ1) is 9.13. The fraction of sp³-hybridized carbons (Fsp3) is 0.0714. The normalized spacial score (nSPS) is 11.7. The van der Waals surface area contributed by atoms with E-state index in [0.717, 1.165) is 6.07 Å². The van der Waals surface area contributed by atoms with Crippen molar-refractivity contribution in [3.63, 3.8) is 0 Å². The molecule has 2 aromatic carbocycles. The molecule has 0 aliphatic carbocycles. The first kappa shape index (κ1) is 13.3. The van der Waals surface area contributed by atoms with Crippen LogP contribution in [0.25, 0.3) is 0 Å². The lowest BCUT2D eigenvalue weighted by molar-refractivity contribution is 0.498. The molecule has 96 valence electrons. The van der Waals surface area contributed by atoms with E-state index < -0.39 is 17.7 Å². The van der Waals surface area contributed by atoms with Gasteiger partial charge in [-0.1, -0.05) is 35.9 Å². The number of anilines is 1. The van der Waals surface area contributed by atoms with Gasteiger partial charge in [-0.2, -0.15) is 5.26 Å². The van der Waals surface area contributed by atoms with Gasteiger partial charge in [0.1, 0.15) is 6.04 Å². The van der Waals surface area contributed by atoms with Crippen LogP contribution in [0.4, 0.5) is 14.5 Å². The maximum atomic E-state index is 13.6. The van der Waals surface area contributed by atoms with E-state index >= 15 is 0 Å². The lowest BCUT2D eigenvalue weighted by Crippen LogP contribution is -2.11. The Morgan fingerprint density at radius 3 is 2.53 bits per heavy atom. The Morgan fingerprint density at radius 2 is 1.84 bits per heavy atom. The summed E-state index contributed by atoms with van der Waals surface area (Å²) in [5.41, 5.74) is 0.432. The van der Waals surface area contributed by atoms with E-state index in [1.807, 2.05) is 6.07 Å². The number of hydrogen-bond acceptors (Lipinski definition) is 2. The molecule has 0 bridgehead atoms. The Labute approximate surface area is 114 Å². The molecule has 2 nitrogen and oxygen atoms in total. The van der Waals surface area contributed by atoms with Crippen molar-refractivity contribution in [3.05, 3.63) is 64.7 Å². The molecule has 0 aliphatic heterocycles. The smallest absolute Gasteiger partial charge is 0.165 e. The van der Waals surface area contributed by atoms with E-state index in [1.54, 1.807) is 24.3 Å². The number of nitrogens with zero attached hydrogens (tertiary/aromatic N) is 1. The van der Waals surface area contributed by atoms with Crippen LogP contribution in [0.5, 0.6) is 0 Å². The molecule has 0 fully saturated rings. The van der Waals surface area contributed by atoms with Crippen LogP contribution in [0.2, 0.25) is 5.02 Å². The topological polar surface area (TPSA) is 35.8 Å². The SMILES string of the molecule is N#CC(Nc1ccccc1Cl)c1cccc(F)c1F. The minimum Gasteiger partial charge on any atom is -0.365 e. The van der Waals surface area contributed by atoms with Gasteiger partial charge >= 0.3 is 0 Å². The van der Waals surface area contributed by atoms with E-state index in [9.17, 15) is 8.78 Å². The third kappa shape index (κ3) is 2.83. The van der Waals surface area contributed by atoms with Crippen molar-refractivity contribution in [1.29, 1.82) is 5.26 Å². The van der Waals surface area contributed by atoms with Crippen LogP contribution in [0.1, 0.15) is 11.6 Å². The molecule has 0 aromatic heterocycles. The minimum absolute atomic E-state index is 0.0533. The summed E-state index contributed by atoms with van der Waals surface area (Å²) in [4.78, 5) is 0. The van der Waals surface area contributed by atoms with E-state index in [-0.39, 0.29) is 5.56 Å². The fourth-order valence-corrected chi connectivity index (χ4v) is 1.85. The monoisotopic (exact) mass is 278 g/mol. The molecule has 0 radical (unpaired) electrons. The number of nitriles is 1. The summed E-state index contributed by atoms with van der Waals surface area (Å²) in [5, 5.41) is 12.3. The standard InChI is InChI=1S/C14H9ClF2N2/c15-10-5-1-2-7-12(10)19-13(8-18)9-4-3-6-11(16)14(9)17/h1-7,13,19H. The predicted octanol–water partition coefficient (Wildman–Crippen LogP) is 4.29. The highest BCUT2D eigenvalue weighted by Crippen LogP contribution is 2.27. The zero-order valence-electron chi connectivity index (χ0n) is 9.70. The Hall–Kier alpha value is -2.12. The third-order valence-electron chi connectivity index (χ3n) is 2.60. The number of halogens is 3. The van der Waals surface area contributed by atoms with Crippen LogP contribution in [0.15, 0.2) is 42.5 Å². The van der Waals surface area contributed by atoms with Gasteiger partial charge in [-0.05, 0) is 18.2 Å². The second kappa shape index (κ2) is 5.68. The first-order valence-electron chi connectivity index (χ1n) is 5.48. The fourth-order valence-electron chi connectivity index (χ4n) is 1.66. The molecule has 1 unspecified atom stereocenters. The lowest BCUT2D eigenvalue weighted by atomic mass is 10.1. The average molecular weight is 279 g/mol. The van der Waals surface area contributed by atoms with Crippen molar-refractivity contribution in [2.24, 2.45) is 0 Å². The maximum absolute atomic E-state index is 13.6. The summed E-state index contributed by atoms with van der Waals surface area (Å²) >= 11 is 5.94. The van der Waals surface area contributed by atoms with Gasteiger partial charge in [0.15, 0.2) is 11.6 Å². The van der Waals surface area contributed by atoms with Gasteiger partial charge in [0, 0.05) is 5.56 Å². The Morgan fingerprint density at radius 1 is 1.11 bits per heavy atom. The number of para-hydroxylation sites is 1. The molecule has 2 rings (SSSR count). The Bertz CT molecular complexity index is 638. The number of nitrogens with one attached hydrogen (secondary N) is 1. The Kier molecular flexibility index (Phi) is 3.98. The second-order valence-electron chi connectivity index (χ2n) is 3.83. The summed E-state index contributed by atoms with van der Waals surface area (Å²) in [6, 6.07) is 11.3. The van der Waals surface area contributed by atoms with Gasteiger partial charge in [-0.15, -0.1) is 0 Å². The molecule has 0 saturated carbocycles. The van der Waals surface area contributed by atoms with Gasteiger partial charge in [0.25, 0.3) is 0 Å². The summed E-state index contributed by atoms with van der Waals surface area (Å²) in [6.07, 6.45) is 0. The molecule has 19 heavy (non-hydrogen) atoms. The molecular weight excluding hydrogens is 270 g/mol. The largest absolute Gasteiger partial charge is 0.365 e. The highest BCUT2D eigenvalue weighted by molar-refractivity contribution is 6.33. The van der Waals surface area contributed by atoms with Crippen molar-refractivity contribution in [1.82, 2.24) is 0 Å². The molecule has 5 heteroatoms. The van der Waals surface area contributed by atoms with Crippen LogP contribution in [-0.2, 0) is 0 Å². The van der Waals surface area contributed by atoms with Crippen LogP contribution >= 0.6 is 11.6 Å². The number of rotatable bonds is 3. The number of benzene rings is 2. The summed E-state index contributed by atoms with van der Waals surface area (Å²) in [7, 11) is 0. The molecule has 0 saturated heterocycles. The summed E-state index contributed by atoms with van der Waals surface area (Å²) in [5.74, 6) is -2.02. The highest BCUT2D eigenvalue weighted by atomic mass is 35.5. The van der Waals surface area contributed by atoms with Crippen LogP contribution in [-0.4, -0.2) is 0 Å². The van der Waals surface area contributed by atoms with Crippen LogP contribution < -0.4 is 5.32 Å². The average Bonchev–Trinajstić information content (AvgIpc) is 2.41. The van der Waals surface area contributed by atoms with Crippen LogP contribution in [0, 0.1) is 23.0 Å². The third-order valence-corrected chi connectivity index (χ3v) is 2.92. The zero-order chi connectivity index (χ0) is 13.8. The van der Waals surface area contributed by atoms with Crippen molar-refractivity contribution < 1.29 is 8.78 Å². The van der Waals surface area contributed by atoms with Crippen molar-refractivity contribution >= 4 is 17.3 Å². The van der Waals surface area contributed by atoms with E-state index in [4.69, 9.17) is 16.9 Å². The molecular formula is C14H9ClF2N2. The van der Waals surface area contributed by atoms with Gasteiger partial charge in [-0.3, -0.25) is 0 Å². The van der Waals surface area contributed by atoms with Crippen molar-refractivity contribution in [2.45, 2.75) is 6.04 Å². The zero-order valence-corrected chi connectivity index (χ0v) is 10.5. The van der Waals surface area contributed by atoms with Gasteiger partial charge in [-0.25, -0.2) is 8.78 Å². The Balaban J connectivity index is 2.34. The number of hydrogen-bond donors (Lipinski definition) is 1. The van der Waals surface area contributed by atoms with Gasteiger partial charge in [0.05, 0.1) is 16.8 Å². The molecule has 0 spiro atoms. The maximum Gasteiger partial charge on any atom is 0.165 e. The lowest BCUT2D eigenvalue weighted by Gasteiger charge is -2.15. The minimum atomic E-state index is -1.03. The van der Waals surface area contributed by atoms with Crippen molar-refractivity contribution in [2.75, 3.05) is 5.32 Å². The molecule has 0 aliphatic rings. The molecule has 2 aromatic rings.